The van der Waals surface area contributed by atoms with E-state index >= 15 is 0 Å². The Kier molecular flexibility index (Phi) is 5.54. The van der Waals surface area contributed by atoms with Gasteiger partial charge in [-0.15, -0.1) is 0 Å². The third-order valence-electron chi connectivity index (χ3n) is 9.82. The van der Waals surface area contributed by atoms with Crippen molar-refractivity contribution in [1.29, 1.82) is 0 Å². The van der Waals surface area contributed by atoms with Gasteiger partial charge in [-0.25, -0.2) is 4.79 Å². The molecule has 31 heavy (non-hydrogen) atoms. The molecular formula is C26H38O5. The van der Waals surface area contributed by atoms with Crippen LogP contribution in [0.25, 0.3) is 0 Å². The van der Waals surface area contributed by atoms with Gasteiger partial charge in [0.15, 0.2) is 0 Å². The lowest BCUT2D eigenvalue weighted by Crippen LogP contribution is -2.66. The Morgan fingerprint density at radius 3 is 2.52 bits per heavy atom. The predicted octanol–water partition coefficient (Wildman–Crippen LogP) is 4.12. The fourth-order valence-corrected chi connectivity index (χ4v) is 7.72. The molecule has 0 saturated heterocycles. The van der Waals surface area contributed by atoms with Crippen LogP contribution in [0.3, 0.4) is 0 Å². The molecule has 4 rings (SSSR count). The number of Topliss-reactive ketones (excluding diaryl/α,β-unsaturated/α-hetero) is 1. The van der Waals surface area contributed by atoms with Gasteiger partial charge in [0, 0.05) is 16.9 Å². The summed E-state index contributed by atoms with van der Waals surface area (Å²) in [6.07, 6.45) is 8.10. The van der Waals surface area contributed by atoms with Gasteiger partial charge in [-0.3, -0.25) is 4.79 Å². The van der Waals surface area contributed by atoms with E-state index in [1.165, 1.54) is 5.57 Å². The van der Waals surface area contributed by atoms with Crippen LogP contribution in [0.5, 0.6) is 0 Å². The summed E-state index contributed by atoms with van der Waals surface area (Å²) in [7, 11) is 0. The lowest BCUT2D eigenvalue weighted by molar-refractivity contribution is -0.232. The zero-order valence-electron chi connectivity index (χ0n) is 19.6. The number of fused-ring (bicyclic) bond motifs is 5. The SMILES string of the molecule is C/C=C(\C)C(=O)O[C@@H]1C[C@H]2[C@@H](CC=C3C[C@@H](O)CC[C@@]32C)[C@@]2(O)CC[C@H](C(C)=O)[C@@]12C. The Labute approximate surface area is 185 Å². The number of carbonyl (C=O) groups excluding carboxylic acids is 2. The third kappa shape index (κ3) is 3.10. The minimum atomic E-state index is -1.05. The molecule has 0 aliphatic heterocycles. The van der Waals surface area contributed by atoms with Gasteiger partial charge in [-0.05, 0) is 83.0 Å². The van der Waals surface area contributed by atoms with Gasteiger partial charge in [0.2, 0.25) is 0 Å². The lowest BCUT2D eigenvalue weighted by Gasteiger charge is -2.62. The summed E-state index contributed by atoms with van der Waals surface area (Å²) in [5, 5.41) is 22.5. The minimum Gasteiger partial charge on any atom is -0.458 e. The number of hydrogen-bond donors (Lipinski definition) is 2. The zero-order valence-corrected chi connectivity index (χ0v) is 19.6. The van der Waals surface area contributed by atoms with E-state index in [9.17, 15) is 19.8 Å². The lowest BCUT2D eigenvalue weighted by atomic mass is 9.45. The summed E-state index contributed by atoms with van der Waals surface area (Å²) in [6, 6.07) is 0. The molecule has 0 spiro atoms. The monoisotopic (exact) mass is 430 g/mol. The molecular weight excluding hydrogens is 392 g/mol. The second-order valence-corrected chi connectivity index (χ2v) is 11.0. The van der Waals surface area contributed by atoms with Crippen molar-refractivity contribution in [3.8, 4) is 0 Å². The highest BCUT2D eigenvalue weighted by Gasteiger charge is 2.71. The molecule has 0 aromatic carbocycles. The molecule has 0 aromatic heterocycles. The van der Waals surface area contributed by atoms with E-state index in [1.54, 1.807) is 19.9 Å². The number of aliphatic hydroxyl groups is 2. The molecule has 5 nitrogen and oxygen atoms in total. The van der Waals surface area contributed by atoms with Crippen LogP contribution in [0.2, 0.25) is 0 Å². The Morgan fingerprint density at radius 1 is 1.16 bits per heavy atom. The smallest absolute Gasteiger partial charge is 0.333 e. The van der Waals surface area contributed by atoms with Crippen molar-refractivity contribution in [3.63, 3.8) is 0 Å². The third-order valence-corrected chi connectivity index (χ3v) is 9.82. The molecule has 0 amide bonds. The summed E-state index contributed by atoms with van der Waals surface area (Å²) in [5.74, 6) is -0.413. The highest BCUT2D eigenvalue weighted by molar-refractivity contribution is 5.88. The molecule has 5 heteroatoms. The summed E-state index contributed by atoms with van der Waals surface area (Å²) in [6.45, 7) is 9.40. The highest BCUT2D eigenvalue weighted by Crippen LogP contribution is 2.68. The number of hydrogen-bond acceptors (Lipinski definition) is 5. The van der Waals surface area contributed by atoms with Gasteiger partial charge in [-0.1, -0.05) is 31.6 Å². The van der Waals surface area contributed by atoms with Crippen LogP contribution in [-0.2, 0) is 14.3 Å². The molecule has 0 bridgehead atoms. The molecule has 172 valence electrons. The van der Waals surface area contributed by atoms with E-state index in [1.807, 2.05) is 13.8 Å². The maximum atomic E-state index is 12.8. The maximum Gasteiger partial charge on any atom is 0.333 e. The van der Waals surface area contributed by atoms with Crippen molar-refractivity contribution in [1.82, 2.24) is 0 Å². The summed E-state index contributed by atoms with van der Waals surface area (Å²) >= 11 is 0. The van der Waals surface area contributed by atoms with E-state index in [0.717, 1.165) is 19.3 Å². The standard InChI is InChI=1S/C26H38O5/c1-6-15(2)23(29)31-22-14-21-20(8-7-17-13-18(28)9-11-24(17,21)4)26(30)12-10-19(16(3)27)25(22,26)5/h6-7,18-22,28,30H,8-14H2,1-5H3/b15-6+/t18-,19+,20+,21-,22+,24-,25-,26-/m0/s1. The van der Waals surface area contributed by atoms with Crippen molar-refractivity contribution in [3.05, 3.63) is 23.3 Å². The molecule has 0 aromatic rings. The Balaban J connectivity index is 1.79. The number of ketones is 1. The summed E-state index contributed by atoms with van der Waals surface area (Å²) in [5.41, 5.74) is -0.131. The summed E-state index contributed by atoms with van der Waals surface area (Å²) < 4.78 is 6.11. The molecule has 8 atom stereocenters. The molecule has 4 aliphatic carbocycles. The topological polar surface area (TPSA) is 83.8 Å². The van der Waals surface area contributed by atoms with Crippen LogP contribution in [0.15, 0.2) is 23.3 Å². The van der Waals surface area contributed by atoms with Crippen molar-refractivity contribution >= 4 is 11.8 Å². The normalized spacial score (nSPS) is 47.0. The average molecular weight is 431 g/mol. The first kappa shape index (κ1) is 22.7. The van der Waals surface area contributed by atoms with Gasteiger partial charge < -0.3 is 14.9 Å². The van der Waals surface area contributed by atoms with E-state index in [2.05, 4.69) is 13.0 Å². The van der Waals surface area contributed by atoms with Crippen LogP contribution in [-0.4, -0.2) is 39.8 Å². The van der Waals surface area contributed by atoms with E-state index in [-0.39, 0.29) is 41.0 Å². The van der Waals surface area contributed by atoms with Gasteiger partial charge in [0.1, 0.15) is 11.9 Å². The number of aliphatic hydroxyl groups excluding tert-OH is 1. The second kappa shape index (κ2) is 7.55. The van der Waals surface area contributed by atoms with Crippen LogP contribution in [0.1, 0.15) is 79.6 Å². The highest BCUT2D eigenvalue weighted by atomic mass is 16.5. The first-order valence-corrected chi connectivity index (χ1v) is 11.9. The minimum absolute atomic E-state index is 0.0311. The average Bonchev–Trinajstić information content (AvgIpc) is 3.01. The molecule has 2 N–H and O–H groups in total. The van der Waals surface area contributed by atoms with Crippen molar-refractivity contribution in [2.45, 2.75) is 97.4 Å². The maximum absolute atomic E-state index is 12.8. The van der Waals surface area contributed by atoms with Crippen LogP contribution < -0.4 is 0 Å². The number of rotatable bonds is 3. The number of esters is 1. The second-order valence-electron chi connectivity index (χ2n) is 11.0. The predicted molar refractivity (Wildman–Crippen MR) is 118 cm³/mol. The van der Waals surface area contributed by atoms with Crippen LogP contribution in [0, 0.1) is 28.6 Å². The van der Waals surface area contributed by atoms with Crippen LogP contribution in [0.4, 0.5) is 0 Å². The number of allylic oxidation sites excluding steroid dienone is 2. The molecule has 0 unspecified atom stereocenters. The fraction of sp³-hybridized carbons (Fsp3) is 0.769. The molecule has 4 aliphatic rings. The van der Waals surface area contributed by atoms with Gasteiger partial charge in [0.05, 0.1) is 11.7 Å². The Bertz CT molecular complexity index is 843. The van der Waals surface area contributed by atoms with E-state index < -0.39 is 17.1 Å². The van der Waals surface area contributed by atoms with Crippen LogP contribution >= 0.6 is 0 Å². The van der Waals surface area contributed by atoms with E-state index in [4.69, 9.17) is 4.74 Å². The van der Waals surface area contributed by atoms with Crippen molar-refractivity contribution in [2.24, 2.45) is 28.6 Å². The Hall–Kier alpha value is -1.46. The first-order valence-electron chi connectivity index (χ1n) is 11.9. The zero-order chi connectivity index (χ0) is 22.8. The molecule has 0 heterocycles. The molecule has 0 radical (unpaired) electrons. The fourth-order valence-electron chi connectivity index (χ4n) is 7.72. The van der Waals surface area contributed by atoms with Crippen molar-refractivity contribution in [2.75, 3.05) is 0 Å². The molecule has 3 fully saturated rings. The number of ether oxygens (including phenoxy) is 1. The van der Waals surface area contributed by atoms with Gasteiger partial charge >= 0.3 is 5.97 Å². The van der Waals surface area contributed by atoms with Gasteiger partial charge in [0.25, 0.3) is 0 Å². The quantitative estimate of drug-likeness (QED) is 0.400. The van der Waals surface area contributed by atoms with Gasteiger partial charge in [-0.2, -0.15) is 0 Å². The van der Waals surface area contributed by atoms with Crippen molar-refractivity contribution < 1.29 is 24.5 Å². The largest absolute Gasteiger partial charge is 0.458 e. The van der Waals surface area contributed by atoms with E-state index in [0.29, 0.717) is 31.3 Å². The first-order chi connectivity index (χ1) is 14.5. The summed E-state index contributed by atoms with van der Waals surface area (Å²) in [4.78, 5) is 25.5. The Morgan fingerprint density at radius 2 is 1.87 bits per heavy atom. The number of carbonyl (C=O) groups is 2. The molecule has 3 saturated carbocycles.